The van der Waals surface area contributed by atoms with Gasteiger partial charge in [0.1, 0.15) is 5.75 Å². The Bertz CT molecular complexity index is 468. The van der Waals surface area contributed by atoms with E-state index in [9.17, 15) is 4.79 Å². The van der Waals surface area contributed by atoms with Crippen LogP contribution in [0.15, 0.2) is 24.3 Å². The molecule has 2 rings (SSSR count). The van der Waals surface area contributed by atoms with Crippen molar-refractivity contribution in [3.05, 3.63) is 24.3 Å². The van der Waals surface area contributed by atoms with Gasteiger partial charge in [0, 0.05) is 6.54 Å². The van der Waals surface area contributed by atoms with Gasteiger partial charge in [-0.1, -0.05) is 12.1 Å². The first-order valence-corrected chi connectivity index (χ1v) is 6.63. The van der Waals surface area contributed by atoms with Crippen LogP contribution in [0.2, 0.25) is 0 Å². The topological polar surface area (TPSA) is 38.8 Å². The third-order valence-electron chi connectivity index (χ3n) is 3.05. The van der Waals surface area contributed by atoms with Crippen molar-refractivity contribution in [1.82, 2.24) is 0 Å². The molecule has 1 amide bonds. The maximum absolute atomic E-state index is 12.4. The molecule has 4 nitrogen and oxygen atoms in total. The number of hydrogen-bond acceptors (Lipinski definition) is 3. The fourth-order valence-electron chi connectivity index (χ4n) is 2.12. The highest BCUT2D eigenvalue weighted by atomic mass is 16.5. The number of hydrogen-bond donors (Lipinski definition) is 0. The van der Waals surface area contributed by atoms with Crippen molar-refractivity contribution in [2.45, 2.75) is 39.4 Å². The minimum atomic E-state index is -0.827. The van der Waals surface area contributed by atoms with E-state index in [2.05, 4.69) is 0 Å². The van der Waals surface area contributed by atoms with Crippen molar-refractivity contribution in [3.63, 3.8) is 0 Å². The van der Waals surface area contributed by atoms with E-state index in [0.29, 0.717) is 13.2 Å². The average molecular weight is 263 g/mol. The fourth-order valence-corrected chi connectivity index (χ4v) is 2.12. The first kappa shape index (κ1) is 13.9. The van der Waals surface area contributed by atoms with Crippen molar-refractivity contribution in [3.8, 4) is 5.75 Å². The molecule has 0 N–H and O–H groups in total. The Labute approximate surface area is 114 Å². The molecule has 1 heterocycles. The Morgan fingerprint density at radius 1 is 1.32 bits per heavy atom. The summed E-state index contributed by atoms with van der Waals surface area (Å²) >= 11 is 0. The molecule has 0 aliphatic carbocycles. The van der Waals surface area contributed by atoms with Crippen molar-refractivity contribution < 1.29 is 14.3 Å². The van der Waals surface area contributed by atoms with E-state index in [1.165, 1.54) is 0 Å². The molecule has 0 unspecified atom stereocenters. The van der Waals surface area contributed by atoms with Gasteiger partial charge in [0.15, 0.2) is 5.60 Å². The summed E-state index contributed by atoms with van der Waals surface area (Å²) in [5.41, 5.74) is -0.00851. The zero-order chi connectivity index (χ0) is 14.0. The first-order valence-electron chi connectivity index (χ1n) is 6.63. The molecule has 1 aliphatic rings. The molecule has 1 aromatic rings. The Morgan fingerprint density at radius 3 is 2.68 bits per heavy atom. The van der Waals surface area contributed by atoms with Crippen LogP contribution >= 0.6 is 0 Å². The standard InChI is InChI=1S/C15H21NO3/c1-11(2)18-10-9-16-12-7-5-6-8-13(12)19-15(3,4)14(16)17/h5-8,11H,9-10H2,1-4H3. The summed E-state index contributed by atoms with van der Waals surface area (Å²) in [6, 6.07) is 7.61. The Kier molecular flexibility index (Phi) is 3.80. The number of nitrogens with zero attached hydrogens (tertiary/aromatic N) is 1. The van der Waals surface area contributed by atoms with Crippen LogP contribution in [0.4, 0.5) is 5.69 Å². The van der Waals surface area contributed by atoms with E-state index in [1.54, 1.807) is 18.7 Å². The largest absolute Gasteiger partial charge is 0.476 e. The van der Waals surface area contributed by atoms with Crippen molar-refractivity contribution in [2.75, 3.05) is 18.1 Å². The van der Waals surface area contributed by atoms with E-state index < -0.39 is 5.60 Å². The summed E-state index contributed by atoms with van der Waals surface area (Å²) in [7, 11) is 0. The van der Waals surface area contributed by atoms with Crippen LogP contribution in [0, 0.1) is 0 Å². The van der Waals surface area contributed by atoms with Gasteiger partial charge < -0.3 is 14.4 Å². The number of rotatable bonds is 4. The molecule has 0 radical (unpaired) electrons. The third kappa shape index (κ3) is 2.89. The SMILES string of the molecule is CC(C)OCCN1C(=O)C(C)(C)Oc2ccccc21. The van der Waals surface area contributed by atoms with E-state index in [4.69, 9.17) is 9.47 Å². The van der Waals surface area contributed by atoms with Gasteiger partial charge in [0.05, 0.1) is 18.4 Å². The number of anilines is 1. The number of ether oxygens (including phenoxy) is 2. The minimum Gasteiger partial charge on any atom is -0.476 e. The zero-order valence-electron chi connectivity index (χ0n) is 12.0. The van der Waals surface area contributed by atoms with Crippen LogP contribution in [0.1, 0.15) is 27.7 Å². The molecule has 0 aromatic heterocycles. The lowest BCUT2D eigenvalue weighted by atomic mass is 10.0. The van der Waals surface area contributed by atoms with Crippen molar-refractivity contribution >= 4 is 11.6 Å². The molecule has 0 saturated heterocycles. The number of carbonyl (C=O) groups excluding carboxylic acids is 1. The van der Waals surface area contributed by atoms with Crippen LogP contribution in [0.25, 0.3) is 0 Å². The van der Waals surface area contributed by atoms with Gasteiger partial charge in [-0.2, -0.15) is 0 Å². The maximum atomic E-state index is 12.4. The van der Waals surface area contributed by atoms with Crippen molar-refractivity contribution in [1.29, 1.82) is 0 Å². The van der Waals surface area contributed by atoms with Gasteiger partial charge in [0.2, 0.25) is 0 Å². The van der Waals surface area contributed by atoms with Gasteiger partial charge in [0.25, 0.3) is 5.91 Å². The lowest BCUT2D eigenvalue weighted by Crippen LogP contribution is -2.53. The van der Waals surface area contributed by atoms with E-state index >= 15 is 0 Å². The van der Waals surface area contributed by atoms with Gasteiger partial charge in [-0.25, -0.2) is 0 Å². The summed E-state index contributed by atoms with van der Waals surface area (Å²) < 4.78 is 11.3. The molecule has 0 saturated carbocycles. The minimum absolute atomic E-state index is 0.0291. The highest BCUT2D eigenvalue weighted by Gasteiger charge is 2.40. The van der Waals surface area contributed by atoms with Crippen LogP contribution in [-0.4, -0.2) is 30.8 Å². The van der Waals surface area contributed by atoms with E-state index in [0.717, 1.165) is 11.4 Å². The lowest BCUT2D eigenvalue weighted by Gasteiger charge is -2.38. The second-order valence-electron chi connectivity index (χ2n) is 5.46. The summed E-state index contributed by atoms with van der Waals surface area (Å²) in [5.74, 6) is 0.718. The van der Waals surface area contributed by atoms with Crippen LogP contribution in [0.5, 0.6) is 5.75 Å². The summed E-state index contributed by atoms with van der Waals surface area (Å²) in [6.45, 7) is 8.62. The molecule has 4 heteroatoms. The molecule has 1 aromatic carbocycles. The van der Waals surface area contributed by atoms with Crippen molar-refractivity contribution in [2.24, 2.45) is 0 Å². The Hall–Kier alpha value is -1.55. The van der Waals surface area contributed by atoms with Gasteiger partial charge >= 0.3 is 0 Å². The predicted molar refractivity (Wildman–Crippen MR) is 74.6 cm³/mol. The van der Waals surface area contributed by atoms with E-state index in [-0.39, 0.29) is 12.0 Å². The Balaban J connectivity index is 2.22. The first-order chi connectivity index (χ1) is 8.92. The smallest absolute Gasteiger partial charge is 0.270 e. The maximum Gasteiger partial charge on any atom is 0.270 e. The second kappa shape index (κ2) is 5.21. The summed E-state index contributed by atoms with van der Waals surface area (Å²) in [4.78, 5) is 14.2. The molecule has 0 bridgehead atoms. The molecular formula is C15H21NO3. The number of para-hydroxylation sites is 2. The molecule has 0 atom stereocenters. The number of carbonyl (C=O) groups is 1. The highest BCUT2D eigenvalue weighted by Crippen LogP contribution is 2.37. The van der Waals surface area contributed by atoms with E-state index in [1.807, 2.05) is 38.1 Å². The zero-order valence-corrected chi connectivity index (χ0v) is 12.0. The number of benzene rings is 1. The van der Waals surface area contributed by atoms with Gasteiger partial charge in [-0.05, 0) is 39.8 Å². The van der Waals surface area contributed by atoms with Crippen LogP contribution in [0.3, 0.4) is 0 Å². The molecule has 104 valence electrons. The molecule has 0 spiro atoms. The van der Waals surface area contributed by atoms with Gasteiger partial charge in [-0.15, -0.1) is 0 Å². The molecular weight excluding hydrogens is 242 g/mol. The van der Waals surface area contributed by atoms with Crippen LogP contribution < -0.4 is 9.64 Å². The normalized spacial score (nSPS) is 17.3. The summed E-state index contributed by atoms with van der Waals surface area (Å²) in [6.07, 6.45) is 0.166. The molecule has 1 aliphatic heterocycles. The Morgan fingerprint density at radius 2 is 2.00 bits per heavy atom. The quantitative estimate of drug-likeness (QED) is 0.838. The highest BCUT2D eigenvalue weighted by molar-refractivity contribution is 6.02. The molecule has 0 fully saturated rings. The monoisotopic (exact) mass is 263 g/mol. The average Bonchev–Trinajstić information content (AvgIpc) is 2.33. The van der Waals surface area contributed by atoms with Gasteiger partial charge in [-0.3, -0.25) is 4.79 Å². The van der Waals surface area contributed by atoms with Crippen LogP contribution in [-0.2, 0) is 9.53 Å². The third-order valence-corrected chi connectivity index (χ3v) is 3.05. The fraction of sp³-hybridized carbons (Fsp3) is 0.533. The summed E-state index contributed by atoms with van der Waals surface area (Å²) in [5, 5.41) is 0. The lowest BCUT2D eigenvalue weighted by molar-refractivity contribution is -0.133. The molecule has 19 heavy (non-hydrogen) atoms. The second-order valence-corrected chi connectivity index (χ2v) is 5.46. The number of fused-ring (bicyclic) bond motifs is 1. The predicted octanol–water partition coefficient (Wildman–Crippen LogP) is 2.62. The number of amides is 1.